The van der Waals surface area contributed by atoms with E-state index in [1.165, 1.54) is 6.07 Å². The Morgan fingerprint density at radius 3 is 2.76 bits per heavy atom. The van der Waals surface area contributed by atoms with Crippen LogP contribution in [0.4, 0.5) is 4.39 Å². The van der Waals surface area contributed by atoms with Crippen LogP contribution in [0.2, 0.25) is 0 Å². The average molecular weight is 292 g/mol. The molecule has 2 rings (SSSR count). The number of phenolic OH excluding ortho intramolecular Hbond substituents is 1. The van der Waals surface area contributed by atoms with Crippen molar-refractivity contribution in [2.24, 2.45) is 0 Å². The molecule has 0 saturated heterocycles. The molecule has 2 N–H and O–H groups in total. The van der Waals surface area contributed by atoms with Crippen molar-refractivity contribution in [3.05, 3.63) is 46.6 Å². The van der Waals surface area contributed by atoms with E-state index in [0.29, 0.717) is 6.42 Å². The number of aromatic hydroxyl groups is 1. The number of carbonyl (C=O) groups excluding carboxylic acids is 1. The number of hydrogen-bond donors (Lipinski definition) is 2. The minimum Gasteiger partial charge on any atom is -0.507 e. The highest BCUT2D eigenvalue weighted by Gasteiger charge is 2.17. The largest absolute Gasteiger partial charge is 0.507 e. The summed E-state index contributed by atoms with van der Waals surface area (Å²) in [5, 5.41) is 16.2. The van der Waals surface area contributed by atoms with Gasteiger partial charge < -0.3 is 14.9 Å². The molecule has 0 spiro atoms. The Labute approximate surface area is 121 Å². The van der Waals surface area contributed by atoms with Gasteiger partial charge in [0.05, 0.1) is 11.3 Å². The number of amides is 1. The third-order valence-corrected chi connectivity index (χ3v) is 3.27. The van der Waals surface area contributed by atoms with Crippen molar-refractivity contribution < 1.29 is 18.8 Å². The molecule has 2 aromatic rings. The molecule has 0 bridgehead atoms. The van der Waals surface area contributed by atoms with E-state index in [1.54, 1.807) is 0 Å². The number of benzene rings is 1. The summed E-state index contributed by atoms with van der Waals surface area (Å²) in [6, 6.07) is 3.11. The summed E-state index contributed by atoms with van der Waals surface area (Å²) in [5.41, 5.74) is 1.78. The van der Waals surface area contributed by atoms with E-state index >= 15 is 0 Å². The molecule has 0 saturated carbocycles. The van der Waals surface area contributed by atoms with Crippen molar-refractivity contribution in [2.45, 2.75) is 33.2 Å². The molecule has 0 aliphatic carbocycles. The van der Waals surface area contributed by atoms with Gasteiger partial charge in [-0.05, 0) is 39.3 Å². The second-order valence-corrected chi connectivity index (χ2v) is 5.04. The van der Waals surface area contributed by atoms with E-state index in [9.17, 15) is 14.3 Å². The molecule has 112 valence electrons. The Hall–Kier alpha value is -2.37. The molecule has 5 nitrogen and oxygen atoms in total. The van der Waals surface area contributed by atoms with E-state index in [2.05, 4.69) is 10.5 Å². The zero-order chi connectivity index (χ0) is 15.6. The maximum Gasteiger partial charge on any atom is 0.255 e. The summed E-state index contributed by atoms with van der Waals surface area (Å²) in [5.74, 6) is -0.699. The third kappa shape index (κ3) is 3.39. The van der Waals surface area contributed by atoms with Gasteiger partial charge in [0.25, 0.3) is 5.91 Å². The number of hydrogen-bond acceptors (Lipinski definition) is 4. The highest BCUT2D eigenvalue weighted by Crippen LogP contribution is 2.19. The number of aromatic nitrogens is 1. The van der Waals surface area contributed by atoms with Gasteiger partial charge >= 0.3 is 0 Å². The quantitative estimate of drug-likeness (QED) is 0.908. The standard InChI is InChI=1S/C15H17FN2O3/c1-8(6-13-9(2)18-21-10(13)3)17-15(20)12-5-4-11(16)7-14(12)19/h4-5,7-8,19H,6H2,1-3H3,(H,17,20). The first-order valence-electron chi connectivity index (χ1n) is 6.59. The van der Waals surface area contributed by atoms with Crippen LogP contribution in [0, 0.1) is 19.7 Å². The highest BCUT2D eigenvalue weighted by atomic mass is 19.1. The van der Waals surface area contributed by atoms with E-state index in [4.69, 9.17) is 4.52 Å². The van der Waals surface area contributed by atoms with Crippen molar-refractivity contribution in [2.75, 3.05) is 0 Å². The first-order chi connectivity index (χ1) is 9.88. The molecular formula is C15H17FN2O3. The van der Waals surface area contributed by atoms with Gasteiger partial charge in [-0.25, -0.2) is 4.39 Å². The molecule has 1 aromatic heterocycles. The first-order valence-corrected chi connectivity index (χ1v) is 6.59. The van der Waals surface area contributed by atoms with Crippen LogP contribution in [0.25, 0.3) is 0 Å². The molecule has 0 aliphatic rings. The minimum atomic E-state index is -0.590. The first kappa shape index (κ1) is 15.0. The Bertz CT molecular complexity index is 647. The van der Waals surface area contributed by atoms with Crippen molar-refractivity contribution in [3.63, 3.8) is 0 Å². The molecule has 1 heterocycles. The number of halogens is 1. The number of carbonyl (C=O) groups is 1. The van der Waals surface area contributed by atoms with E-state index < -0.39 is 11.7 Å². The van der Waals surface area contributed by atoms with Crippen molar-refractivity contribution in [3.8, 4) is 5.75 Å². The van der Waals surface area contributed by atoms with Gasteiger partial charge in [-0.1, -0.05) is 5.16 Å². The van der Waals surface area contributed by atoms with E-state index in [-0.39, 0.29) is 17.4 Å². The zero-order valence-electron chi connectivity index (χ0n) is 12.1. The predicted octanol–water partition coefficient (Wildman–Crippen LogP) is 2.50. The SMILES string of the molecule is Cc1noc(C)c1CC(C)NC(=O)c1ccc(F)cc1O. The van der Waals surface area contributed by atoms with E-state index in [1.807, 2.05) is 20.8 Å². The number of nitrogens with zero attached hydrogens (tertiary/aromatic N) is 1. The van der Waals surface area contributed by atoms with Gasteiger partial charge in [0.15, 0.2) is 0 Å². The van der Waals surface area contributed by atoms with Gasteiger partial charge in [-0.3, -0.25) is 4.79 Å². The lowest BCUT2D eigenvalue weighted by molar-refractivity contribution is 0.0937. The van der Waals surface area contributed by atoms with Gasteiger partial charge in [0.2, 0.25) is 0 Å². The molecule has 6 heteroatoms. The van der Waals surface area contributed by atoms with Crippen molar-refractivity contribution in [1.29, 1.82) is 0 Å². The molecule has 0 radical (unpaired) electrons. The molecule has 1 aromatic carbocycles. The van der Waals surface area contributed by atoms with Crippen LogP contribution < -0.4 is 5.32 Å². The van der Waals surface area contributed by atoms with Crippen molar-refractivity contribution in [1.82, 2.24) is 10.5 Å². The fraction of sp³-hybridized carbons (Fsp3) is 0.333. The molecule has 0 fully saturated rings. The Morgan fingerprint density at radius 1 is 1.48 bits per heavy atom. The topological polar surface area (TPSA) is 75.4 Å². The minimum absolute atomic E-state index is 0.0435. The Balaban J connectivity index is 2.05. The number of aryl methyl sites for hydroxylation is 2. The highest BCUT2D eigenvalue weighted by molar-refractivity contribution is 5.96. The smallest absolute Gasteiger partial charge is 0.255 e. The van der Waals surface area contributed by atoms with Gasteiger partial charge in [0.1, 0.15) is 17.3 Å². The average Bonchev–Trinajstić information content (AvgIpc) is 2.70. The van der Waals surface area contributed by atoms with Crippen LogP contribution in [0.5, 0.6) is 5.75 Å². The third-order valence-electron chi connectivity index (χ3n) is 3.27. The zero-order valence-corrected chi connectivity index (χ0v) is 12.1. The maximum atomic E-state index is 12.9. The summed E-state index contributed by atoms with van der Waals surface area (Å²) < 4.78 is 18.0. The fourth-order valence-corrected chi connectivity index (χ4v) is 2.15. The van der Waals surface area contributed by atoms with Crippen molar-refractivity contribution >= 4 is 5.91 Å². The number of rotatable bonds is 4. The molecule has 1 amide bonds. The summed E-state index contributed by atoms with van der Waals surface area (Å²) in [6.45, 7) is 5.49. The van der Waals surface area contributed by atoms with Gasteiger partial charge in [0, 0.05) is 17.7 Å². The monoisotopic (exact) mass is 292 g/mol. The van der Waals surface area contributed by atoms with Crippen LogP contribution in [-0.4, -0.2) is 22.2 Å². The lowest BCUT2D eigenvalue weighted by Gasteiger charge is -2.14. The van der Waals surface area contributed by atoms with Gasteiger partial charge in [-0.15, -0.1) is 0 Å². The second kappa shape index (κ2) is 5.95. The second-order valence-electron chi connectivity index (χ2n) is 5.04. The molecule has 1 unspecified atom stereocenters. The van der Waals surface area contributed by atoms with Crippen LogP contribution in [0.15, 0.2) is 22.7 Å². The lowest BCUT2D eigenvalue weighted by Crippen LogP contribution is -2.34. The molecule has 21 heavy (non-hydrogen) atoms. The van der Waals surface area contributed by atoms with Crippen LogP contribution >= 0.6 is 0 Å². The Morgan fingerprint density at radius 2 is 2.19 bits per heavy atom. The molecular weight excluding hydrogens is 275 g/mol. The molecule has 1 atom stereocenters. The lowest BCUT2D eigenvalue weighted by atomic mass is 10.1. The number of phenols is 1. The normalized spacial score (nSPS) is 12.2. The maximum absolute atomic E-state index is 12.9. The van der Waals surface area contributed by atoms with Crippen LogP contribution in [0.1, 0.15) is 34.3 Å². The fourth-order valence-electron chi connectivity index (χ4n) is 2.15. The number of nitrogens with one attached hydrogen (secondary N) is 1. The molecule has 0 aliphatic heterocycles. The van der Waals surface area contributed by atoms with Crippen LogP contribution in [0.3, 0.4) is 0 Å². The predicted molar refractivity (Wildman–Crippen MR) is 74.7 cm³/mol. The van der Waals surface area contributed by atoms with Gasteiger partial charge in [-0.2, -0.15) is 0 Å². The van der Waals surface area contributed by atoms with Crippen LogP contribution in [-0.2, 0) is 6.42 Å². The summed E-state index contributed by atoms with van der Waals surface area (Å²) in [7, 11) is 0. The summed E-state index contributed by atoms with van der Waals surface area (Å²) in [4.78, 5) is 12.1. The summed E-state index contributed by atoms with van der Waals surface area (Å²) in [6.07, 6.45) is 0.564. The summed E-state index contributed by atoms with van der Waals surface area (Å²) >= 11 is 0. The van der Waals surface area contributed by atoms with E-state index in [0.717, 1.165) is 29.2 Å². The Kier molecular flexibility index (Phi) is 4.26.